The largest absolute Gasteiger partial charge is 0.342 e. The minimum Gasteiger partial charge on any atom is -0.342 e. The Balaban J connectivity index is 1.71. The first-order valence-electron chi connectivity index (χ1n) is 6.59. The predicted octanol–water partition coefficient (Wildman–Crippen LogP) is 2.10. The number of nitrogens with zero attached hydrogens (tertiary/aromatic N) is 2. The van der Waals surface area contributed by atoms with Gasteiger partial charge in [0.15, 0.2) is 0 Å². The van der Waals surface area contributed by atoms with Gasteiger partial charge in [-0.3, -0.25) is 9.59 Å². The van der Waals surface area contributed by atoms with Crippen LogP contribution in [0.2, 0.25) is 0 Å². The van der Waals surface area contributed by atoms with Crippen LogP contribution in [0.3, 0.4) is 0 Å². The molecule has 6 heteroatoms. The van der Waals surface area contributed by atoms with Crippen molar-refractivity contribution in [2.75, 3.05) is 18.4 Å². The number of thiazole rings is 1. The molecule has 20 heavy (non-hydrogen) atoms. The summed E-state index contributed by atoms with van der Waals surface area (Å²) in [5, 5.41) is 2.89. The van der Waals surface area contributed by atoms with Gasteiger partial charge in [0, 0.05) is 25.2 Å². The van der Waals surface area contributed by atoms with Gasteiger partial charge in [0.1, 0.15) is 0 Å². The molecule has 0 saturated carbocycles. The topological polar surface area (TPSA) is 62.3 Å². The molecule has 1 fully saturated rings. The quantitative estimate of drug-likeness (QED) is 0.941. The number of fused-ring (bicyclic) bond motifs is 1. The highest BCUT2D eigenvalue weighted by molar-refractivity contribution is 7.16. The van der Waals surface area contributed by atoms with Crippen molar-refractivity contribution in [1.82, 2.24) is 9.88 Å². The molecule has 1 unspecified atom stereocenters. The molecule has 1 N–H and O–H groups in total. The number of anilines is 1. The molecule has 2 aromatic rings. The van der Waals surface area contributed by atoms with E-state index in [2.05, 4.69) is 10.3 Å². The second-order valence-electron chi connectivity index (χ2n) is 4.86. The summed E-state index contributed by atoms with van der Waals surface area (Å²) in [5.41, 5.74) is 3.47. The Bertz CT molecular complexity index is 667. The number of aromatic nitrogens is 1. The highest BCUT2D eigenvalue weighted by Crippen LogP contribution is 2.24. The lowest BCUT2D eigenvalue weighted by atomic mass is 10.1. The fourth-order valence-electron chi connectivity index (χ4n) is 2.43. The molecule has 2 amide bonds. The van der Waals surface area contributed by atoms with E-state index in [9.17, 15) is 9.59 Å². The lowest BCUT2D eigenvalue weighted by Gasteiger charge is -2.13. The summed E-state index contributed by atoms with van der Waals surface area (Å²) in [6, 6.07) is 5.65. The molecular formula is C14H15N3O2S. The van der Waals surface area contributed by atoms with Crippen molar-refractivity contribution in [3.05, 3.63) is 23.7 Å². The zero-order valence-corrected chi connectivity index (χ0v) is 11.9. The lowest BCUT2D eigenvalue weighted by molar-refractivity contribution is -0.128. The van der Waals surface area contributed by atoms with Gasteiger partial charge in [-0.15, -0.1) is 11.3 Å². The summed E-state index contributed by atoms with van der Waals surface area (Å²) < 4.78 is 1.04. The van der Waals surface area contributed by atoms with Crippen LogP contribution in [-0.4, -0.2) is 34.8 Å². The summed E-state index contributed by atoms with van der Waals surface area (Å²) in [4.78, 5) is 29.8. The van der Waals surface area contributed by atoms with Gasteiger partial charge in [-0.1, -0.05) is 0 Å². The molecule has 1 atom stereocenters. The van der Waals surface area contributed by atoms with Gasteiger partial charge in [-0.25, -0.2) is 4.98 Å². The molecule has 0 spiro atoms. The SMILES string of the molecule is CCN1CC(C(=O)Nc2ccc3ncsc3c2)CC1=O. The highest BCUT2D eigenvalue weighted by Gasteiger charge is 2.33. The van der Waals surface area contributed by atoms with E-state index in [1.807, 2.05) is 25.1 Å². The lowest BCUT2D eigenvalue weighted by Crippen LogP contribution is -2.28. The standard InChI is InChI=1S/C14H15N3O2S/c1-2-17-7-9(5-13(17)18)14(19)16-10-3-4-11-12(6-10)20-8-15-11/h3-4,6,8-9H,2,5,7H2,1H3,(H,16,19). The minimum absolute atomic E-state index is 0.0607. The van der Waals surface area contributed by atoms with Crippen LogP contribution in [0.5, 0.6) is 0 Å². The molecule has 0 radical (unpaired) electrons. The molecule has 1 aromatic carbocycles. The predicted molar refractivity (Wildman–Crippen MR) is 78.6 cm³/mol. The normalized spacial score (nSPS) is 18.8. The van der Waals surface area contributed by atoms with Crippen LogP contribution >= 0.6 is 11.3 Å². The third-order valence-corrected chi connectivity index (χ3v) is 4.36. The van der Waals surface area contributed by atoms with Gasteiger partial charge >= 0.3 is 0 Å². The fourth-order valence-corrected chi connectivity index (χ4v) is 3.15. The van der Waals surface area contributed by atoms with Crippen molar-refractivity contribution in [1.29, 1.82) is 0 Å². The van der Waals surface area contributed by atoms with Crippen molar-refractivity contribution in [2.24, 2.45) is 5.92 Å². The zero-order chi connectivity index (χ0) is 14.1. The first kappa shape index (κ1) is 13.1. The number of rotatable bonds is 3. The molecule has 1 aliphatic rings. The maximum atomic E-state index is 12.2. The number of hydrogen-bond acceptors (Lipinski definition) is 4. The maximum absolute atomic E-state index is 12.2. The highest BCUT2D eigenvalue weighted by atomic mass is 32.1. The first-order valence-corrected chi connectivity index (χ1v) is 7.47. The van der Waals surface area contributed by atoms with Crippen LogP contribution in [0, 0.1) is 5.92 Å². The Kier molecular flexibility index (Phi) is 3.40. The Morgan fingerprint density at radius 3 is 3.15 bits per heavy atom. The summed E-state index contributed by atoms with van der Waals surface area (Å²) >= 11 is 1.54. The molecule has 1 saturated heterocycles. The molecule has 5 nitrogen and oxygen atoms in total. The van der Waals surface area contributed by atoms with Gasteiger partial charge in [0.05, 0.1) is 21.6 Å². The first-order chi connectivity index (χ1) is 9.67. The smallest absolute Gasteiger partial charge is 0.229 e. The van der Waals surface area contributed by atoms with Gasteiger partial charge < -0.3 is 10.2 Å². The van der Waals surface area contributed by atoms with Gasteiger partial charge in [0.2, 0.25) is 11.8 Å². The molecule has 0 bridgehead atoms. The maximum Gasteiger partial charge on any atom is 0.229 e. The van der Waals surface area contributed by atoms with E-state index < -0.39 is 0 Å². The Hall–Kier alpha value is -1.95. The van der Waals surface area contributed by atoms with Crippen molar-refractivity contribution < 1.29 is 9.59 Å². The second-order valence-corrected chi connectivity index (χ2v) is 5.74. The Morgan fingerprint density at radius 1 is 1.55 bits per heavy atom. The monoisotopic (exact) mass is 289 g/mol. The van der Waals surface area contributed by atoms with E-state index in [1.165, 1.54) is 0 Å². The molecule has 2 heterocycles. The summed E-state index contributed by atoms with van der Waals surface area (Å²) in [5.74, 6) is -0.275. The third kappa shape index (κ3) is 2.38. The van der Waals surface area contributed by atoms with Gasteiger partial charge in [0.25, 0.3) is 0 Å². The van der Waals surface area contributed by atoms with Crippen molar-refractivity contribution in [2.45, 2.75) is 13.3 Å². The van der Waals surface area contributed by atoms with Crippen LogP contribution < -0.4 is 5.32 Å². The van der Waals surface area contributed by atoms with Crippen LogP contribution in [0.4, 0.5) is 5.69 Å². The number of hydrogen-bond donors (Lipinski definition) is 1. The number of benzene rings is 1. The summed E-state index contributed by atoms with van der Waals surface area (Å²) in [6.45, 7) is 3.11. The van der Waals surface area contributed by atoms with Crippen LogP contribution in [0.25, 0.3) is 10.2 Å². The summed E-state index contributed by atoms with van der Waals surface area (Å²) in [6.07, 6.45) is 0.308. The summed E-state index contributed by atoms with van der Waals surface area (Å²) in [7, 11) is 0. The van der Waals surface area contributed by atoms with E-state index in [0.29, 0.717) is 19.5 Å². The molecule has 1 aliphatic heterocycles. The van der Waals surface area contributed by atoms with Crippen LogP contribution in [-0.2, 0) is 9.59 Å². The van der Waals surface area contributed by atoms with Crippen LogP contribution in [0.15, 0.2) is 23.7 Å². The molecular weight excluding hydrogens is 274 g/mol. The Labute approximate surface area is 120 Å². The number of likely N-dealkylation sites (tertiary alicyclic amines) is 1. The van der Waals surface area contributed by atoms with E-state index >= 15 is 0 Å². The van der Waals surface area contributed by atoms with E-state index in [0.717, 1.165) is 15.9 Å². The molecule has 3 rings (SSSR count). The molecule has 1 aromatic heterocycles. The van der Waals surface area contributed by atoms with Crippen molar-refractivity contribution >= 4 is 39.1 Å². The minimum atomic E-state index is -0.250. The van der Waals surface area contributed by atoms with E-state index in [4.69, 9.17) is 0 Å². The second kappa shape index (κ2) is 5.20. The average Bonchev–Trinajstić information content (AvgIpc) is 3.04. The number of nitrogens with one attached hydrogen (secondary N) is 1. The van der Waals surface area contributed by atoms with Crippen molar-refractivity contribution in [3.8, 4) is 0 Å². The average molecular weight is 289 g/mol. The van der Waals surface area contributed by atoms with Gasteiger partial charge in [-0.2, -0.15) is 0 Å². The number of carbonyl (C=O) groups is 2. The fraction of sp³-hybridized carbons (Fsp3) is 0.357. The van der Waals surface area contributed by atoms with Crippen molar-refractivity contribution in [3.63, 3.8) is 0 Å². The van der Waals surface area contributed by atoms with Gasteiger partial charge in [-0.05, 0) is 25.1 Å². The molecule has 0 aliphatic carbocycles. The Morgan fingerprint density at radius 2 is 2.40 bits per heavy atom. The molecule has 104 valence electrons. The number of carbonyl (C=O) groups excluding carboxylic acids is 2. The van der Waals surface area contributed by atoms with E-state index in [1.54, 1.807) is 21.7 Å². The number of amides is 2. The zero-order valence-electron chi connectivity index (χ0n) is 11.1. The van der Waals surface area contributed by atoms with Crippen LogP contribution in [0.1, 0.15) is 13.3 Å². The van der Waals surface area contributed by atoms with E-state index in [-0.39, 0.29) is 17.7 Å². The third-order valence-electron chi connectivity index (χ3n) is 3.57.